The van der Waals surface area contributed by atoms with Crippen molar-refractivity contribution in [2.75, 3.05) is 30.3 Å². The maximum absolute atomic E-state index is 8.96. The zero-order valence-corrected chi connectivity index (χ0v) is 9.37. The van der Waals surface area contributed by atoms with E-state index in [9.17, 15) is 0 Å². The summed E-state index contributed by atoms with van der Waals surface area (Å²) in [7, 11) is 0. The molecule has 0 saturated heterocycles. The second-order valence-corrected chi connectivity index (χ2v) is 4.65. The van der Waals surface area contributed by atoms with Crippen molar-refractivity contribution in [1.82, 2.24) is 9.78 Å². The van der Waals surface area contributed by atoms with E-state index in [1.807, 2.05) is 0 Å². The lowest BCUT2D eigenvalue weighted by Crippen LogP contribution is -2.28. The number of fused-ring (bicyclic) bond motifs is 3. The number of rotatable bonds is 2. The lowest BCUT2D eigenvalue weighted by atomic mass is 10.0. The molecule has 2 aliphatic rings. The summed E-state index contributed by atoms with van der Waals surface area (Å²) in [6, 6.07) is 0. The van der Waals surface area contributed by atoms with E-state index < -0.39 is 0 Å². The maximum Gasteiger partial charge on any atom is 0.153 e. The van der Waals surface area contributed by atoms with Gasteiger partial charge in [0, 0.05) is 31.8 Å². The van der Waals surface area contributed by atoms with Crippen molar-refractivity contribution >= 4 is 11.6 Å². The second kappa shape index (κ2) is 3.97. The van der Waals surface area contributed by atoms with Crippen molar-refractivity contribution in [3.05, 3.63) is 5.56 Å². The van der Waals surface area contributed by atoms with Crippen LogP contribution in [0.1, 0.15) is 18.4 Å². The lowest BCUT2D eigenvalue weighted by molar-refractivity contribution is 0.244. The van der Waals surface area contributed by atoms with Gasteiger partial charge in [0.05, 0.1) is 0 Å². The Balaban J connectivity index is 1.86. The molecule has 88 valence electrons. The molecular weight excluding hydrogens is 204 g/mol. The highest BCUT2D eigenvalue weighted by molar-refractivity contribution is 5.61. The van der Waals surface area contributed by atoms with E-state index in [0.29, 0.717) is 5.92 Å². The van der Waals surface area contributed by atoms with Crippen LogP contribution in [0, 0.1) is 5.92 Å². The summed E-state index contributed by atoms with van der Waals surface area (Å²) in [5, 5.41) is 20.3. The number of aromatic nitrogens is 2. The van der Waals surface area contributed by atoms with Gasteiger partial charge in [-0.1, -0.05) is 0 Å². The first-order valence-electron chi connectivity index (χ1n) is 6.07. The molecule has 2 aliphatic heterocycles. The second-order valence-electron chi connectivity index (χ2n) is 4.65. The molecule has 0 radical (unpaired) electrons. The first kappa shape index (κ1) is 9.96. The highest BCUT2D eigenvalue weighted by atomic mass is 16.3. The van der Waals surface area contributed by atoms with Crippen molar-refractivity contribution < 1.29 is 5.11 Å². The normalized spacial score (nSPS) is 22.9. The first-order chi connectivity index (χ1) is 7.88. The van der Waals surface area contributed by atoms with Gasteiger partial charge in [0.1, 0.15) is 5.82 Å². The molecule has 5 heteroatoms. The monoisotopic (exact) mass is 222 g/mol. The molecule has 3 rings (SSSR count). The third-order valence-corrected chi connectivity index (χ3v) is 3.47. The van der Waals surface area contributed by atoms with Crippen molar-refractivity contribution in [1.29, 1.82) is 0 Å². The summed E-state index contributed by atoms with van der Waals surface area (Å²) >= 11 is 0. The highest BCUT2D eigenvalue weighted by Crippen LogP contribution is 2.31. The number of hydrogen-bond acceptors (Lipinski definition) is 4. The maximum atomic E-state index is 8.96. The number of anilines is 2. The Kier molecular flexibility index (Phi) is 2.47. The van der Waals surface area contributed by atoms with Crippen LogP contribution >= 0.6 is 0 Å². The molecule has 1 aromatic heterocycles. The third kappa shape index (κ3) is 1.55. The van der Waals surface area contributed by atoms with E-state index in [1.54, 1.807) is 0 Å². The first-order valence-corrected chi connectivity index (χ1v) is 6.07. The minimum Gasteiger partial charge on any atom is -0.396 e. The van der Waals surface area contributed by atoms with Crippen LogP contribution in [0.25, 0.3) is 0 Å². The summed E-state index contributed by atoms with van der Waals surface area (Å²) in [5.74, 6) is 2.74. The van der Waals surface area contributed by atoms with Crippen molar-refractivity contribution in [2.45, 2.75) is 25.8 Å². The van der Waals surface area contributed by atoms with Crippen LogP contribution in [0.5, 0.6) is 0 Å². The molecule has 3 heterocycles. The molecule has 5 nitrogen and oxygen atoms in total. The number of aliphatic hydroxyl groups excluding tert-OH is 1. The van der Waals surface area contributed by atoms with Gasteiger partial charge in [0.15, 0.2) is 5.82 Å². The summed E-state index contributed by atoms with van der Waals surface area (Å²) in [6.07, 6.45) is 3.16. The molecule has 0 aromatic carbocycles. The van der Waals surface area contributed by atoms with Gasteiger partial charge in [0.25, 0.3) is 0 Å². The average Bonchev–Trinajstić information content (AvgIpc) is 2.67. The zero-order chi connectivity index (χ0) is 11.0. The van der Waals surface area contributed by atoms with Gasteiger partial charge in [-0.3, -0.25) is 0 Å². The van der Waals surface area contributed by atoms with Crippen LogP contribution in [0.15, 0.2) is 0 Å². The van der Waals surface area contributed by atoms with Gasteiger partial charge in [-0.2, -0.15) is 5.10 Å². The number of hydrogen-bond donors (Lipinski definition) is 3. The molecule has 1 aromatic rings. The van der Waals surface area contributed by atoms with Crippen LogP contribution in [0.2, 0.25) is 0 Å². The lowest BCUT2D eigenvalue weighted by Gasteiger charge is -2.25. The third-order valence-electron chi connectivity index (χ3n) is 3.47. The van der Waals surface area contributed by atoms with Gasteiger partial charge in [-0.25, -0.2) is 4.68 Å². The van der Waals surface area contributed by atoms with Crippen molar-refractivity contribution in [3.63, 3.8) is 0 Å². The molecule has 0 amide bonds. The molecule has 0 aliphatic carbocycles. The van der Waals surface area contributed by atoms with Crippen molar-refractivity contribution in [2.24, 2.45) is 5.92 Å². The largest absolute Gasteiger partial charge is 0.396 e. The van der Waals surface area contributed by atoms with E-state index in [-0.39, 0.29) is 6.61 Å². The van der Waals surface area contributed by atoms with Crippen LogP contribution in [0.3, 0.4) is 0 Å². The molecule has 16 heavy (non-hydrogen) atoms. The van der Waals surface area contributed by atoms with Gasteiger partial charge >= 0.3 is 0 Å². The standard InChI is InChI=1S/C11H18N4O/c16-5-3-8-6-13-11-9-2-1-4-12-10(9)14-15(11)7-8/h8,13,16H,1-7H2,(H,12,14). The molecule has 3 N–H and O–H groups in total. The molecule has 1 atom stereocenters. The minimum absolute atomic E-state index is 0.265. The van der Waals surface area contributed by atoms with E-state index in [2.05, 4.69) is 20.4 Å². The number of aliphatic hydroxyl groups is 1. The van der Waals surface area contributed by atoms with Gasteiger partial charge in [-0.05, 0) is 25.2 Å². The smallest absolute Gasteiger partial charge is 0.153 e. The average molecular weight is 222 g/mol. The Bertz CT molecular complexity index is 388. The predicted molar refractivity (Wildman–Crippen MR) is 62.7 cm³/mol. The van der Waals surface area contributed by atoms with Gasteiger partial charge in [0.2, 0.25) is 0 Å². The zero-order valence-electron chi connectivity index (χ0n) is 9.37. The summed E-state index contributed by atoms with van der Waals surface area (Å²) in [5.41, 5.74) is 1.34. The Labute approximate surface area is 94.8 Å². The van der Waals surface area contributed by atoms with Crippen LogP contribution < -0.4 is 10.6 Å². The number of nitrogens with one attached hydrogen (secondary N) is 2. The molecule has 0 fully saturated rings. The Hall–Kier alpha value is -1.23. The highest BCUT2D eigenvalue weighted by Gasteiger charge is 2.25. The Morgan fingerprint density at radius 2 is 2.38 bits per heavy atom. The van der Waals surface area contributed by atoms with E-state index in [4.69, 9.17) is 5.11 Å². The van der Waals surface area contributed by atoms with Gasteiger partial charge < -0.3 is 15.7 Å². The topological polar surface area (TPSA) is 62.1 Å². The van der Waals surface area contributed by atoms with E-state index in [1.165, 1.54) is 17.8 Å². The van der Waals surface area contributed by atoms with Crippen molar-refractivity contribution in [3.8, 4) is 0 Å². The molecular formula is C11H18N4O. The minimum atomic E-state index is 0.265. The predicted octanol–water partition coefficient (Wildman–Crippen LogP) is 0.665. The fraction of sp³-hybridized carbons (Fsp3) is 0.727. The summed E-state index contributed by atoms with van der Waals surface area (Å²) < 4.78 is 2.06. The summed E-state index contributed by atoms with van der Waals surface area (Å²) in [6.45, 7) is 3.18. The quantitative estimate of drug-likeness (QED) is 0.688. The van der Waals surface area contributed by atoms with E-state index >= 15 is 0 Å². The molecule has 0 spiro atoms. The van der Waals surface area contributed by atoms with E-state index in [0.717, 1.165) is 38.3 Å². The molecule has 0 saturated carbocycles. The van der Waals surface area contributed by atoms with Crippen LogP contribution in [0.4, 0.5) is 11.6 Å². The summed E-state index contributed by atoms with van der Waals surface area (Å²) in [4.78, 5) is 0. The SMILES string of the molecule is OCCC1CNc2c3c(nn2C1)NCCC3. The van der Waals surface area contributed by atoms with Crippen LogP contribution in [-0.4, -0.2) is 34.6 Å². The Morgan fingerprint density at radius 1 is 1.44 bits per heavy atom. The molecule has 0 bridgehead atoms. The fourth-order valence-electron chi connectivity index (χ4n) is 2.61. The molecule has 1 unspecified atom stereocenters. The van der Waals surface area contributed by atoms with Gasteiger partial charge in [-0.15, -0.1) is 0 Å². The Morgan fingerprint density at radius 3 is 3.25 bits per heavy atom. The fourth-order valence-corrected chi connectivity index (χ4v) is 2.61. The van der Waals surface area contributed by atoms with Crippen LogP contribution in [-0.2, 0) is 13.0 Å². The number of nitrogens with zero attached hydrogens (tertiary/aromatic N) is 2.